The number of carbonyl (C=O) groups is 2. The molecule has 0 aliphatic carbocycles. The minimum Gasteiger partial charge on any atom is -0.361 e. The lowest BCUT2D eigenvalue weighted by molar-refractivity contribution is -0.122. The van der Waals surface area contributed by atoms with Crippen molar-refractivity contribution in [2.24, 2.45) is 0 Å². The van der Waals surface area contributed by atoms with E-state index >= 15 is 0 Å². The van der Waals surface area contributed by atoms with Gasteiger partial charge in [0.25, 0.3) is 0 Å². The molecule has 25 heavy (non-hydrogen) atoms. The molecule has 0 unspecified atom stereocenters. The van der Waals surface area contributed by atoms with E-state index in [9.17, 15) is 9.59 Å². The van der Waals surface area contributed by atoms with E-state index in [1.165, 1.54) is 11.8 Å². The Balaban J connectivity index is 1.71. The Morgan fingerprint density at radius 2 is 2.00 bits per heavy atom. The van der Waals surface area contributed by atoms with Crippen LogP contribution in [0.25, 0.3) is 0 Å². The van der Waals surface area contributed by atoms with Crippen molar-refractivity contribution in [1.82, 2.24) is 10.5 Å². The van der Waals surface area contributed by atoms with E-state index in [4.69, 9.17) is 4.52 Å². The highest BCUT2D eigenvalue weighted by Gasteiger charge is 2.11. The van der Waals surface area contributed by atoms with Crippen molar-refractivity contribution in [2.45, 2.75) is 26.5 Å². The molecule has 1 heterocycles. The highest BCUT2D eigenvalue weighted by atomic mass is 79.9. The molecule has 2 amide bonds. The first-order valence-electron chi connectivity index (χ1n) is 7.69. The van der Waals surface area contributed by atoms with E-state index in [1.54, 1.807) is 0 Å². The maximum atomic E-state index is 11.9. The number of halogens is 1. The van der Waals surface area contributed by atoms with Gasteiger partial charge in [0.05, 0.1) is 18.0 Å². The molecule has 1 aromatic heterocycles. The Morgan fingerprint density at radius 3 is 2.64 bits per heavy atom. The molecule has 134 valence electrons. The SMILES string of the molecule is Cc1cc(Br)ccc1NC(=O)CNC(=O)CSCc1c(C)noc1C. The number of hydrogen-bond donors (Lipinski definition) is 2. The molecule has 0 aliphatic rings. The van der Waals surface area contributed by atoms with E-state index in [1.807, 2.05) is 39.0 Å². The quantitative estimate of drug-likeness (QED) is 0.710. The van der Waals surface area contributed by atoms with Gasteiger partial charge in [-0.25, -0.2) is 0 Å². The molecule has 0 radical (unpaired) electrons. The van der Waals surface area contributed by atoms with Crippen molar-refractivity contribution in [1.29, 1.82) is 0 Å². The molecular formula is C17H20BrN3O3S. The van der Waals surface area contributed by atoms with E-state index < -0.39 is 0 Å². The predicted octanol–water partition coefficient (Wildman–Crippen LogP) is 3.35. The largest absolute Gasteiger partial charge is 0.361 e. The van der Waals surface area contributed by atoms with Crippen LogP contribution in [0.3, 0.4) is 0 Å². The summed E-state index contributed by atoms with van der Waals surface area (Å²) in [6.07, 6.45) is 0. The molecule has 1 aromatic carbocycles. The molecule has 0 saturated heterocycles. The van der Waals surface area contributed by atoms with Crippen LogP contribution in [0.1, 0.15) is 22.6 Å². The maximum absolute atomic E-state index is 11.9. The zero-order valence-corrected chi connectivity index (χ0v) is 16.7. The number of nitrogens with zero attached hydrogens (tertiary/aromatic N) is 1. The van der Waals surface area contributed by atoms with Gasteiger partial charge < -0.3 is 15.2 Å². The maximum Gasteiger partial charge on any atom is 0.243 e. The average Bonchev–Trinajstić information content (AvgIpc) is 2.87. The Morgan fingerprint density at radius 1 is 1.24 bits per heavy atom. The normalized spacial score (nSPS) is 10.6. The third kappa shape index (κ3) is 5.89. The fourth-order valence-corrected chi connectivity index (χ4v) is 3.63. The van der Waals surface area contributed by atoms with Crippen LogP contribution in [-0.4, -0.2) is 29.3 Å². The average molecular weight is 426 g/mol. The van der Waals surface area contributed by atoms with Crippen LogP contribution in [0.15, 0.2) is 27.2 Å². The molecule has 0 spiro atoms. The smallest absolute Gasteiger partial charge is 0.243 e. The first-order chi connectivity index (χ1) is 11.9. The summed E-state index contributed by atoms with van der Waals surface area (Å²) >= 11 is 4.84. The number of amides is 2. The lowest BCUT2D eigenvalue weighted by Crippen LogP contribution is -2.34. The van der Waals surface area contributed by atoms with Gasteiger partial charge in [-0.05, 0) is 44.5 Å². The summed E-state index contributed by atoms with van der Waals surface area (Å²) in [5, 5.41) is 9.29. The zero-order chi connectivity index (χ0) is 18.4. The number of thioether (sulfide) groups is 1. The van der Waals surface area contributed by atoms with Gasteiger partial charge in [0.15, 0.2) is 0 Å². The molecular weight excluding hydrogens is 406 g/mol. The standard InChI is InChI=1S/C17H20BrN3O3S/c1-10-6-13(18)4-5-15(10)20-16(22)7-19-17(23)9-25-8-14-11(2)21-24-12(14)3/h4-6H,7-9H2,1-3H3,(H,19,23)(H,20,22). The van der Waals surface area contributed by atoms with E-state index in [2.05, 4.69) is 31.7 Å². The second kappa shape index (κ2) is 9.05. The van der Waals surface area contributed by atoms with Gasteiger partial charge in [-0.3, -0.25) is 9.59 Å². The van der Waals surface area contributed by atoms with Gasteiger partial charge in [0.1, 0.15) is 5.76 Å². The number of rotatable bonds is 7. The van der Waals surface area contributed by atoms with Gasteiger partial charge in [-0.1, -0.05) is 21.1 Å². The molecule has 6 nitrogen and oxygen atoms in total. The number of anilines is 1. The molecule has 2 N–H and O–H groups in total. The lowest BCUT2D eigenvalue weighted by Gasteiger charge is -2.09. The second-order valence-corrected chi connectivity index (χ2v) is 7.48. The van der Waals surface area contributed by atoms with Crippen LogP contribution >= 0.6 is 27.7 Å². The summed E-state index contributed by atoms with van der Waals surface area (Å²) in [6, 6.07) is 5.59. The summed E-state index contributed by atoms with van der Waals surface area (Å²) in [6.45, 7) is 5.58. The first-order valence-corrected chi connectivity index (χ1v) is 9.63. The molecule has 8 heteroatoms. The lowest BCUT2D eigenvalue weighted by atomic mass is 10.2. The van der Waals surface area contributed by atoms with Gasteiger partial charge in [-0.15, -0.1) is 11.8 Å². The minimum atomic E-state index is -0.255. The Labute approximate surface area is 159 Å². The molecule has 0 atom stereocenters. The van der Waals surface area contributed by atoms with Gasteiger partial charge in [0, 0.05) is 21.5 Å². The molecule has 2 aromatic rings. The number of nitrogens with one attached hydrogen (secondary N) is 2. The summed E-state index contributed by atoms with van der Waals surface area (Å²) in [7, 11) is 0. The van der Waals surface area contributed by atoms with Crippen molar-refractivity contribution in [2.75, 3.05) is 17.6 Å². The monoisotopic (exact) mass is 425 g/mol. The van der Waals surface area contributed by atoms with Crippen molar-refractivity contribution < 1.29 is 14.1 Å². The van der Waals surface area contributed by atoms with Gasteiger partial charge in [0.2, 0.25) is 11.8 Å². The Bertz CT molecular complexity index is 757. The topological polar surface area (TPSA) is 84.2 Å². The zero-order valence-electron chi connectivity index (χ0n) is 14.3. The van der Waals surface area contributed by atoms with Gasteiger partial charge in [-0.2, -0.15) is 0 Å². The van der Waals surface area contributed by atoms with Crippen LogP contribution in [0.4, 0.5) is 5.69 Å². The summed E-state index contributed by atoms with van der Waals surface area (Å²) < 4.78 is 6.04. The second-order valence-electron chi connectivity index (χ2n) is 5.58. The van der Waals surface area contributed by atoms with Crippen LogP contribution in [0.5, 0.6) is 0 Å². The Hall–Kier alpha value is -1.80. The van der Waals surface area contributed by atoms with Crippen LogP contribution < -0.4 is 10.6 Å². The van der Waals surface area contributed by atoms with Crippen molar-refractivity contribution in [3.63, 3.8) is 0 Å². The van der Waals surface area contributed by atoms with Crippen molar-refractivity contribution in [3.8, 4) is 0 Å². The Kier molecular flexibility index (Phi) is 7.07. The predicted molar refractivity (Wildman–Crippen MR) is 103 cm³/mol. The minimum absolute atomic E-state index is 0.0553. The fraction of sp³-hybridized carbons (Fsp3) is 0.353. The van der Waals surface area contributed by atoms with E-state index in [0.29, 0.717) is 5.75 Å². The number of benzene rings is 1. The number of aryl methyl sites for hydroxylation is 3. The summed E-state index contributed by atoms with van der Waals surface area (Å²) in [5.74, 6) is 1.26. The van der Waals surface area contributed by atoms with E-state index in [0.717, 1.165) is 32.7 Å². The fourth-order valence-electron chi connectivity index (χ4n) is 2.15. The van der Waals surface area contributed by atoms with Gasteiger partial charge >= 0.3 is 0 Å². The number of carbonyl (C=O) groups excluding carboxylic acids is 2. The highest BCUT2D eigenvalue weighted by Crippen LogP contribution is 2.20. The number of aromatic nitrogens is 1. The van der Waals surface area contributed by atoms with Crippen LogP contribution in [0, 0.1) is 20.8 Å². The van der Waals surface area contributed by atoms with Crippen molar-refractivity contribution in [3.05, 3.63) is 45.3 Å². The summed E-state index contributed by atoms with van der Waals surface area (Å²) in [4.78, 5) is 23.8. The third-order valence-corrected chi connectivity index (χ3v) is 5.02. The molecule has 2 rings (SSSR count). The molecule has 0 saturated carbocycles. The van der Waals surface area contributed by atoms with Crippen LogP contribution in [-0.2, 0) is 15.3 Å². The first kappa shape index (κ1) is 19.5. The summed E-state index contributed by atoms with van der Waals surface area (Å²) in [5.41, 5.74) is 3.54. The molecule has 0 fully saturated rings. The highest BCUT2D eigenvalue weighted by molar-refractivity contribution is 9.10. The third-order valence-electron chi connectivity index (χ3n) is 3.57. The molecule has 0 aliphatic heterocycles. The van der Waals surface area contributed by atoms with E-state index in [-0.39, 0.29) is 24.1 Å². The molecule has 0 bridgehead atoms. The number of hydrogen-bond acceptors (Lipinski definition) is 5. The van der Waals surface area contributed by atoms with Crippen LogP contribution in [0.2, 0.25) is 0 Å². The van der Waals surface area contributed by atoms with Crippen molar-refractivity contribution >= 4 is 45.2 Å².